The van der Waals surface area contributed by atoms with Crippen molar-refractivity contribution >= 4 is 5.91 Å². The first kappa shape index (κ1) is 13.9. The summed E-state index contributed by atoms with van der Waals surface area (Å²) in [5.74, 6) is -1.42. The first-order valence-corrected chi connectivity index (χ1v) is 6.39. The maximum atomic E-state index is 12.5. The van der Waals surface area contributed by atoms with Crippen molar-refractivity contribution in [1.82, 2.24) is 5.32 Å². The average Bonchev–Trinajstić information content (AvgIpc) is 2.39. The summed E-state index contributed by atoms with van der Waals surface area (Å²) in [6, 6.07) is 8.56. The largest absolute Gasteiger partial charge is 0.391 e. The van der Waals surface area contributed by atoms with E-state index in [-0.39, 0.29) is 24.8 Å². The summed E-state index contributed by atoms with van der Waals surface area (Å²) in [6.45, 7) is 0. The smallest absolute Gasteiger partial charge is 0.349 e. The number of hydrogen-bond acceptors (Lipinski definition) is 1. The van der Waals surface area contributed by atoms with Crippen LogP contribution in [0, 0.1) is 5.92 Å². The van der Waals surface area contributed by atoms with Crippen molar-refractivity contribution in [2.45, 2.75) is 37.9 Å². The van der Waals surface area contributed by atoms with E-state index >= 15 is 0 Å². The van der Waals surface area contributed by atoms with Crippen LogP contribution in [-0.2, 0) is 0 Å². The number of nitrogens with one attached hydrogen (secondary N) is 1. The monoisotopic (exact) mass is 271 g/mol. The molecule has 1 aliphatic rings. The van der Waals surface area contributed by atoms with Gasteiger partial charge in [0.25, 0.3) is 5.91 Å². The van der Waals surface area contributed by atoms with Gasteiger partial charge in [-0.25, -0.2) is 0 Å². The molecule has 1 aliphatic carbocycles. The van der Waals surface area contributed by atoms with Crippen molar-refractivity contribution in [1.29, 1.82) is 0 Å². The third kappa shape index (κ3) is 3.72. The van der Waals surface area contributed by atoms with Crippen molar-refractivity contribution in [3.8, 4) is 0 Å². The number of carbonyl (C=O) groups excluding carboxylic acids is 1. The molecule has 1 aromatic carbocycles. The van der Waals surface area contributed by atoms with Gasteiger partial charge in [0, 0.05) is 11.6 Å². The summed E-state index contributed by atoms with van der Waals surface area (Å²) < 4.78 is 37.5. The Bertz CT molecular complexity index is 422. The molecule has 0 aliphatic heterocycles. The molecule has 0 unspecified atom stereocenters. The predicted molar refractivity (Wildman–Crippen MR) is 65.7 cm³/mol. The molecule has 0 atom stereocenters. The predicted octanol–water partition coefficient (Wildman–Crippen LogP) is 3.54. The maximum absolute atomic E-state index is 12.5. The number of hydrogen-bond donors (Lipinski definition) is 1. The first-order chi connectivity index (χ1) is 8.97. The van der Waals surface area contributed by atoms with Gasteiger partial charge in [0.05, 0.1) is 5.92 Å². The van der Waals surface area contributed by atoms with Gasteiger partial charge in [-0.2, -0.15) is 13.2 Å². The summed E-state index contributed by atoms with van der Waals surface area (Å²) in [5, 5.41) is 2.80. The van der Waals surface area contributed by atoms with Gasteiger partial charge in [-0.15, -0.1) is 0 Å². The van der Waals surface area contributed by atoms with E-state index in [1.807, 2.05) is 6.07 Å². The number of carbonyl (C=O) groups is 1. The number of alkyl halides is 3. The van der Waals surface area contributed by atoms with Gasteiger partial charge in [0.2, 0.25) is 0 Å². The Morgan fingerprint density at radius 1 is 1.05 bits per heavy atom. The van der Waals surface area contributed by atoms with E-state index in [9.17, 15) is 18.0 Å². The van der Waals surface area contributed by atoms with Crippen LogP contribution < -0.4 is 5.32 Å². The molecule has 1 amide bonds. The molecule has 0 heterocycles. The van der Waals surface area contributed by atoms with Crippen LogP contribution >= 0.6 is 0 Å². The second-order valence-corrected chi connectivity index (χ2v) is 4.93. The molecule has 2 nitrogen and oxygen atoms in total. The second-order valence-electron chi connectivity index (χ2n) is 4.93. The molecule has 2 rings (SSSR count). The fourth-order valence-electron chi connectivity index (χ4n) is 2.42. The van der Waals surface area contributed by atoms with Gasteiger partial charge in [-0.1, -0.05) is 18.2 Å². The molecule has 5 heteroatoms. The molecule has 104 valence electrons. The molecule has 1 fully saturated rings. The summed E-state index contributed by atoms with van der Waals surface area (Å²) in [6.07, 6.45) is -3.12. The molecule has 0 aromatic heterocycles. The lowest BCUT2D eigenvalue weighted by atomic mass is 9.85. The van der Waals surface area contributed by atoms with Gasteiger partial charge in [0.1, 0.15) is 0 Å². The highest BCUT2D eigenvalue weighted by Crippen LogP contribution is 2.37. The Labute approximate surface area is 110 Å². The molecule has 1 saturated carbocycles. The third-order valence-corrected chi connectivity index (χ3v) is 3.56. The SMILES string of the molecule is O=C(NC1CCC(C(F)(F)F)CC1)c1ccccc1. The van der Waals surface area contributed by atoms with Crippen molar-refractivity contribution in [2.24, 2.45) is 5.92 Å². The second kappa shape index (κ2) is 5.63. The molecular formula is C14H16F3NO. The fraction of sp³-hybridized carbons (Fsp3) is 0.500. The Kier molecular flexibility index (Phi) is 4.12. The number of benzene rings is 1. The zero-order chi connectivity index (χ0) is 13.9. The molecule has 0 radical (unpaired) electrons. The highest BCUT2D eigenvalue weighted by Gasteiger charge is 2.41. The molecule has 0 spiro atoms. The number of halogens is 3. The Hall–Kier alpha value is -1.52. The lowest BCUT2D eigenvalue weighted by molar-refractivity contribution is -0.182. The van der Waals surface area contributed by atoms with E-state index in [2.05, 4.69) is 5.32 Å². The fourth-order valence-corrected chi connectivity index (χ4v) is 2.42. The normalized spacial score (nSPS) is 23.9. The van der Waals surface area contributed by atoms with Crippen LogP contribution in [0.1, 0.15) is 36.0 Å². The minimum absolute atomic E-state index is 0.100. The number of rotatable bonds is 2. The van der Waals surface area contributed by atoms with Crippen molar-refractivity contribution < 1.29 is 18.0 Å². The van der Waals surface area contributed by atoms with Crippen LogP contribution in [0.2, 0.25) is 0 Å². The van der Waals surface area contributed by atoms with Crippen LogP contribution in [0.4, 0.5) is 13.2 Å². The third-order valence-electron chi connectivity index (χ3n) is 3.56. The number of amides is 1. The van der Waals surface area contributed by atoms with Crippen LogP contribution in [0.15, 0.2) is 30.3 Å². The standard InChI is InChI=1S/C14H16F3NO/c15-14(16,17)11-6-8-12(9-7-11)18-13(19)10-4-2-1-3-5-10/h1-5,11-12H,6-9H2,(H,18,19). The van der Waals surface area contributed by atoms with E-state index in [1.165, 1.54) is 0 Å². The summed E-state index contributed by atoms with van der Waals surface area (Å²) >= 11 is 0. The molecular weight excluding hydrogens is 255 g/mol. The van der Waals surface area contributed by atoms with Gasteiger partial charge in [0.15, 0.2) is 0 Å². The van der Waals surface area contributed by atoms with Gasteiger partial charge in [-0.3, -0.25) is 4.79 Å². The Balaban J connectivity index is 1.85. The molecule has 19 heavy (non-hydrogen) atoms. The summed E-state index contributed by atoms with van der Waals surface area (Å²) in [4.78, 5) is 11.9. The van der Waals surface area contributed by atoms with Crippen molar-refractivity contribution in [3.63, 3.8) is 0 Å². The zero-order valence-corrected chi connectivity index (χ0v) is 10.4. The molecule has 1 N–H and O–H groups in total. The van der Waals surface area contributed by atoms with E-state index in [4.69, 9.17) is 0 Å². The first-order valence-electron chi connectivity index (χ1n) is 6.39. The van der Waals surface area contributed by atoms with Crippen LogP contribution in [0.5, 0.6) is 0 Å². The minimum atomic E-state index is -4.10. The molecule has 1 aromatic rings. The lowest BCUT2D eigenvalue weighted by Crippen LogP contribution is -2.40. The highest BCUT2D eigenvalue weighted by molar-refractivity contribution is 5.94. The van der Waals surface area contributed by atoms with Gasteiger partial charge < -0.3 is 5.32 Å². The van der Waals surface area contributed by atoms with Crippen molar-refractivity contribution in [2.75, 3.05) is 0 Å². The van der Waals surface area contributed by atoms with Crippen LogP contribution in [0.3, 0.4) is 0 Å². The lowest BCUT2D eigenvalue weighted by Gasteiger charge is -2.30. The van der Waals surface area contributed by atoms with E-state index in [1.54, 1.807) is 24.3 Å². The summed E-state index contributed by atoms with van der Waals surface area (Å²) in [5.41, 5.74) is 0.542. The minimum Gasteiger partial charge on any atom is -0.349 e. The molecule has 0 bridgehead atoms. The topological polar surface area (TPSA) is 29.1 Å². The van der Waals surface area contributed by atoms with E-state index in [0.717, 1.165) is 0 Å². The summed E-state index contributed by atoms with van der Waals surface area (Å²) in [7, 11) is 0. The van der Waals surface area contributed by atoms with E-state index in [0.29, 0.717) is 18.4 Å². The highest BCUT2D eigenvalue weighted by atomic mass is 19.4. The zero-order valence-electron chi connectivity index (χ0n) is 10.4. The van der Waals surface area contributed by atoms with Gasteiger partial charge >= 0.3 is 6.18 Å². The average molecular weight is 271 g/mol. The Morgan fingerprint density at radius 2 is 1.63 bits per heavy atom. The molecule has 0 saturated heterocycles. The van der Waals surface area contributed by atoms with Crippen LogP contribution in [-0.4, -0.2) is 18.1 Å². The maximum Gasteiger partial charge on any atom is 0.391 e. The Morgan fingerprint density at radius 3 is 2.16 bits per heavy atom. The van der Waals surface area contributed by atoms with E-state index < -0.39 is 12.1 Å². The van der Waals surface area contributed by atoms with Crippen molar-refractivity contribution in [3.05, 3.63) is 35.9 Å². The van der Waals surface area contributed by atoms with Crippen LogP contribution in [0.25, 0.3) is 0 Å². The van der Waals surface area contributed by atoms with Gasteiger partial charge in [-0.05, 0) is 37.8 Å². The quantitative estimate of drug-likeness (QED) is 0.875.